The van der Waals surface area contributed by atoms with Gasteiger partial charge in [-0.1, -0.05) is 35.9 Å². The van der Waals surface area contributed by atoms with E-state index in [0.29, 0.717) is 40.3 Å². The molecule has 4 rings (SSSR count). The molecule has 1 N–H and O–H groups in total. The van der Waals surface area contributed by atoms with Crippen LogP contribution in [-0.4, -0.2) is 25.8 Å². The van der Waals surface area contributed by atoms with Gasteiger partial charge in [-0.15, -0.1) is 0 Å². The largest absolute Gasteiger partial charge is 0.455 e. The molecule has 0 aliphatic carbocycles. The maximum absolute atomic E-state index is 13.5. The topological polar surface area (TPSA) is 86.3 Å². The quantitative estimate of drug-likeness (QED) is 0.448. The van der Waals surface area contributed by atoms with Crippen molar-refractivity contribution in [3.8, 4) is 11.5 Å². The predicted molar refractivity (Wildman–Crippen MR) is 128 cm³/mol. The van der Waals surface area contributed by atoms with Crippen LogP contribution in [0.4, 0.5) is 0 Å². The fourth-order valence-corrected chi connectivity index (χ4v) is 3.92. The lowest BCUT2D eigenvalue weighted by molar-refractivity contribution is 0.277. The summed E-state index contributed by atoms with van der Waals surface area (Å²) in [6.45, 7) is 1.96. The summed E-state index contributed by atoms with van der Waals surface area (Å²) < 4.78 is 8.67. The number of hydrogen-bond donors (Lipinski definition) is 1. The molecule has 0 bridgehead atoms. The maximum atomic E-state index is 13.5. The molecule has 7 nitrogen and oxygen atoms in total. The van der Waals surface area contributed by atoms with Crippen LogP contribution in [0.15, 0.2) is 64.3 Å². The van der Waals surface area contributed by atoms with Crippen LogP contribution in [0.5, 0.6) is 11.5 Å². The van der Waals surface area contributed by atoms with Crippen LogP contribution in [0, 0.1) is 6.92 Å². The summed E-state index contributed by atoms with van der Waals surface area (Å²) >= 11 is 6.05. The number of aryl methyl sites for hydroxylation is 2. The summed E-state index contributed by atoms with van der Waals surface area (Å²) in [6.07, 6.45) is 2.22. The van der Waals surface area contributed by atoms with Crippen molar-refractivity contribution >= 4 is 22.6 Å². The number of hydrogen-bond acceptors (Lipinski definition) is 5. The summed E-state index contributed by atoms with van der Waals surface area (Å²) in [5.74, 6) is 1.06. The molecule has 0 spiro atoms. The van der Waals surface area contributed by atoms with E-state index in [0.717, 1.165) is 15.7 Å². The third-order valence-corrected chi connectivity index (χ3v) is 5.72. The third-order valence-electron chi connectivity index (χ3n) is 5.47. The number of aliphatic hydroxyl groups is 1. The standard InChI is InChI=1S/C25H24ClN3O4/c1-16-5-3-6-19(13-16)33-21-15-27-23-22(20(21)14-17-7-9-18(26)10-8-17)24(31)29(11-4-12-30)25(32)28(23)2/h3,5-10,13,15,30H,4,11-12,14H2,1-2H3. The summed E-state index contributed by atoms with van der Waals surface area (Å²) in [6, 6.07) is 14.9. The Kier molecular flexibility index (Phi) is 6.62. The highest BCUT2D eigenvalue weighted by atomic mass is 35.5. The van der Waals surface area contributed by atoms with Gasteiger partial charge in [0.2, 0.25) is 0 Å². The first-order chi connectivity index (χ1) is 15.9. The number of ether oxygens (including phenoxy) is 1. The molecule has 0 fully saturated rings. The Morgan fingerprint density at radius 1 is 1.12 bits per heavy atom. The molecule has 2 aromatic carbocycles. The Bertz CT molecular complexity index is 1430. The van der Waals surface area contributed by atoms with Crippen molar-refractivity contribution in [2.75, 3.05) is 6.61 Å². The van der Waals surface area contributed by atoms with Crippen LogP contribution in [-0.2, 0) is 20.0 Å². The van der Waals surface area contributed by atoms with Crippen LogP contribution in [0.3, 0.4) is 0 Å². The van der Waals surface area contributed by atoms with Crippen molar-refractivity contribution in [3.05, 3.63) is 97.3 Å². The number of halogens is 1. The van der Waals surface area contributed by atoms with Gasteiger partial charge in [0, 0.05) is 37.2 Å². The molecule has 0 aliphatic heterocycles. The molecular weight excluding hydrogens is 442 g/mol. The number of aromatic nitrogens is 3. The van der Waals surface area contributed by atoms with Crippen molar-refractivity contribution in [1.82, 2.24) is 14.1 Å². The van der Waals surface area contributed by atoms with E-state index in [4.69, 9.17) is 16.3 Å². The smallest absolute Gasteiger partial charge is 0.332 e. The highest BCUT2D eigenvalue weighted by molar-refractivity contribution is 6.30. The number of rotatable bonds is 7. The lowest BCUT2D eigenvalue weighted by atomic mass is 10.0. The molecule has 4 aromatic rings. The Balaban J connectivity index is 1.97. The molecule has 2 aromatic heterocycles. The fraction of sp³-hybridized carbons (Fsp3) is 0.240. The van der Waals surface area contributed by atoms with Gasteiger partial charge in [0.25, 0.3) is 5.56 Å². The average molecular weight is 466 g/mol. The maximum Gasteiger partial charge on any atom is 0.332 e. The first-order valence-corrected chi connectivity index (χ1v) is 11.0. The zero-order valence-corrected chi connectivity index (χ0v) is 19.2. The Morgan fingerprint density at radius 2 is 1.88 bits per heavy atom. The summed E-state index contributed by atoms with van der Waals surface area (Å²) in [4.78, 5) is 30.7. The predicted octanol–water partition coefficient (Wildman–Crippen LogP) is 3.82. The van der Waals surface area contributed by atoms with E-state index >= 15 is 0 Å². The number of nitrogens with zero attached hydrogens (tertiary/aromatic N) is 3. The molecule has 0 saturated carbocycles. The minimum atomic E-state index is -0.474. The molecule has 33 heavy (non-hydrogen) atoms. The van der Waals surface area contributed by atoms with Gasteiger partial charge in [-0.3, -0.25) is 13.9 Å². The van der Waals surface area contributed by atoms with Gasteiger partial charge in [0.15, 0.2) is 0 Å². The number of fused-ring (bicyclic) bond motifs is 1. The molecule has 0 aliphatic rings. The monoisotopic (exact) mass is 465 g/mol. The molecule has 0 amide bonds. The summed E-state index contributed by atoms with van der Waals surface area (Å²) in [5, 5.41) is 10.2. The second-order valence-electron chi connectivity index (χ2n) is 7.90. The number of aliphatic hydroxyl groups excluding tert-OH is 1. The Hall–Kier alpha value is -3.42. The van der Waals surface area contributed by atoms with Crippen LogP contribution >= 0.6 is 11.6 Å². The molecule has 8 heteroatoms. The SMILES string of the molecule is Cc1cccc(Oc2cnc3c(c2Cc2ccc(Cl)cc2)c(=O)n(CCCO)c(=O)n3C)c1. The normalized spacial score (nSPS) is 11.2. The van der Waals surface area contributed by atoms with Gasteiger partial charge >= 0.3 is 5.69 Å². The first kappa shape index (κ1) is 22.8. The van der Waals surface area contributed by atoms with Crippen LogP contribution in [0.2, 0.25) is 5.02 Å². The van der Waals surface area contributed by atoms with Crippen molar-refractivity contribution in [3.63, 3.8) is 0 Å². The van der Waals surface area contributed by atoms with E-state index in [1.807, 2.05) is 43.3 Å². The van der Waals surface area contributed by atoms with E-state index in [1.165, 1.54) is 4.57 Å². The van der Waals surface area contributed by atoms with E-state index in [2.05, 4.69) is 4.98 Å². The zero-order valence-electron chi connectivity index (χ0n) is 18.4. The third kappa shape index (κ3) is 4.69. The van der Waals surface area contributed by atoms with Gasteiger partial charge in [0.1, 0.15) is 17.1 Å². The second-order valence-corrected chi connectivity index (χ2v) is 8.33. The van der Waals surface area contributed by atoms with Gasteiger partial charge in [0.05, 0.1) is 11.6 Å². The van der Waals surface area contributed by atoms with Gasteiger partial charge < -0.3 is 9.84 Å². The Morgan fingerprint density at radius 3 is 2.58 bits per heavy atom. The van der Waals surface area contributed by atoms with Crippen molar-refractivity contribution in [2.45, 2.75) is 26.3 Å². The van der Waals surface area contributed by atoms with E-state index in [-0.39, 0.29) is 18.8 Å². The Labute approximate surface area is 195 Å². The van der Waals surface area contributed by atoms with E-state index in [9.17, 15) is 14.7 Å². The highest BCUT2D eigenvalue weighted by Crippen LogP contribution is 2.31. The summed E-state index contributed by atoms with van der Waals surface area (Å²) in [5.41, 5.74) is 1.95. The van der Waals surface area contributed by atoms with Gasteiger partial charge in [-0.25, -0.2) is 9.78 Å². The molecule has 0 radical (unpaired) electrons. The van der Waals surface area contributed by atoms with Crippen molar-refractivity contribution in [2.24, 2.45) is 7.05 Å². The van der Waals surface area contributed by atoms with Crippen LogP contribution < -0.4 is 16.0 Å². The van der Waals surface area contributed by atoms with E-state index in [1.54, 1.807) is 25.4 Å². The first-order valence-electron chi connectivity index (χ1n) is 10.6. The second kappa shape index (κ2) is 9.60. The lowest BCUT2D eigenvalue weighted by Crippen LogP contribution is -2.40. The summed E-state index contributed by atoms with van der Waals surface area (Å²) in [7, 11) is 1.58. The van der Waals surface area contributed by atoms with Gasteiger partial charge in [-0.2, -0.15) is 0 Å². The molecule has 0 unspecified atom stereocenters. The zero-order chi connectivity index (χ0) is 23.5. The van der Waals surface area contributed by atoms with Crippen LogP contribution in [0.1, 0.15) is 23.1 Å². The number of benzene rings is 2. The molecule has 0 atom stereocenters. The van der Waals surface area contributed by atoms with Crippen molar-refractivity contribution < 1.29 is 9.84 Å². The molecular formula is C25H24ClN3O4. The fourth-order valence-electron chi connectivity index (χ4n) is 3.79. The van der Waals surface area contributed by atoms with E-state index < -0.39 is 11.2 Å². The average Bonchev–Trinajstić information content (AvgIpc) is 2.80. The molecule has 170 valence electrons. The lowest BCUT2D eigenvalue weighted by Gasteiger charge is -2.16. The van der Waals surface area contributed by atoms with Crippen molar-refractivity contribution in [1.29, 1.82) is 0 Å². The minimum Gasteiger partial charge on any atom is -0.455 e. The van der Waals surface area contributed by atoms with Gasteiger partial charge in [-0.05, 0) is 48.7 Å². The van der Waals surface area contributed by atoms with Crippen LogP contribution in [0.25, 0.3) is 11.0 Å². The minimum absolute atomic E-state index is 0.112. The number of pyridine rings is 1. The highest BCUT2D eigenvalue weighted by Gasteiger charge is 2.20. The molecule has 2 heterocycles. The molecule has 0 saturated heterocycles.